The molecule has 21 heavy (non-hydrogen) atoms. The summed E-state index contributed by atoms with van der Waals surface area (Å²) >= 11 is 0. The predicted octanol–water partition coefficient (Wildman–Crippen LogP) is 2.30. The van der Waals surface area contributed by atoms with Gasteiger partial charge in [-0.25, -0.2) is 0 Å². The van der Waals surface area contributed by atoms with E-state index in [2.05, 4.69) is 4.90 Å². The van der Waals surface area contributed by atoms with Gasteiger partial charge in [-0.1, -0.05) is 24.6 Å². The van der Waals surface area contributed by atoms with Gasteiger partial charge in [0.15, 0.2) is 6.29 Å². The standard InChI is InChI=1S/C17H22N2O2/c20-13-14-10-19(17-7-3-2-6-16(14)17)12-15(21)11-18-8-4-1-5-9-18/h2-3,6-7,10,13,15,21H,1,4-5,8-9,11-12H2/t15-/m0/s1. The van der Waals surface area contributed by atoms with Crippen molar-refractivity contribution in [3.63, 3.8) is 0 Å². The average molecular weight is 286 g/mol. The number of para-hydroxylation sites is 1. The van der Waals surface area contributed by atoms with E-state index >= 15 is 0 Å². The summed E-state index contributed by atoms with van der Waals surface area (Å²) < 4.78 is 1.99. The van der Waals surface area contributed by atoms with Crippen LogP contribution in [0.5, 0.6) is 0 Å². The molecule has 4 nitrogen and oxygen atoms in total. The fourth-order valence-electron chi connectivity index (χ4n) is 3.24. The van der Waals surface area contributed by atoms with E-state index in [-0.39, 0.29) is 0 Å². The number of likely N-dealkylation sites (tertiary alicyclic amines) is 1. The lowest BCUT2D eigenvalue weighted by Gasteiger charge is -2.28. The number of aromatic nitrogens is 1. The Balaban J connectivity index is 1.73. The Morgan fingerprint density at radius 1 is 1.14 bits per heavy atom. The Labute approximate surface area is 125 Å². The first-order chi connectivity index (χ1) is 10.3. The number of aldehydes is 1. The molecule has 0 aliphatic carbocycles. The highest BCUT2D eigenvalue weighted by molar-refractivity contribution is 5.97. The number of hydrogen-bond donors (Lipinski definition) is 1. The van der Waals surface area contributed by atoms with Gasteiger partial charge >= 0.3 is 0 Å². The second kappa shape index (κ2) is 6.41. The van der Waals surface area contributed by atoms with Crippen LogP contribution >= 0.6 is 0 Å². The molecule has 1 aromatic carbocycles. The fraction of sp³-hybridized carbons (Fsp3) is 0.471. The predicted molar refractivity (Wildman–Crippen MR) is 83.6 cm³/mol. The average Bonchev–Trinajstić information content (AvgIpc) is 2.86. The normalized spacial score (nSPS) is 18.0. The number of hydrogen-bond acceptors (Lipinski definition) is 3. The summed E-state index contributed by atoms with van der Waals surface area (Å²) in [6.07, 6.45) is 6.09. The summed E-state index contributed by atoms with van der Waals surface area (Å²) in [6.45, 7) is 3.42. The number of aliphatic hydroxyl groups is 1. The molecule has 1 fully saturated rings. The quantitative estimate of drug-likeness (QED) is 0.858. The van der Waals surface area contributed by atoms with E-state index < -0.39 is 6.10 Å². The van der Waals surface area contributed by atoms with Gasteiger partial charge in [-0.3, -0.25) is 4.79 Å². The highest BCUT2D eigenvalue weighted by Gasteiger charge is 2.16. The van der Waals surface area contributed by atoms with Crippen molar-refractivity contribution in [2.24, 2.45) is 0 Å². The first-order valence-electron chi connectivity index (χ1n) is 7.71. The van der Waals surface area contributed by atoms with E-state index in [0.29, 0.717) is 18.7 Å². The highest BCUT2D eigenvalue weighted by Crippen LogP contribution is 2.20. The van der Waals surface area contributed by atoms with E-state index in [4.69, 9.17) is 0 Å². The largest absolute Gasteiger partial charge is 0.390 e. The molecule has 0 spiro atoms. The Morgan fingerprint density at radius 3 is 2.67 bits per heavy atom. The molecule has 1 aliphatic rings. The summed E-state index contributed by atoms with van der Waals surface area (Å²) in [5, 5.41) is 11.3. The molecule has 0 bridgehead atoms. The van der Waals surface area contributed by atoms with Crippen molar-refractivity contribution in [2.45, 2.75) is 31.9 Å². The van der Waals surface area contributed by atoms with E-state index in [1.807, 2.05) is 35.0 Å². The van der Waals surface area contributed by atoms with Crippen LogP contribution in [0.25, 0.3) is 10.9 Å². The lowest BCUT2D eigenvalue weighted by molar-refractivity contribution is 0.0891. The van der Waals surface area contributed by atoms with Gasteiger partial charge in [0.25, 0.3) is 0 Å². The van der Waals surface area contributed by atoms with Crippen molar-refractivity contribution >= 4 is 17.2 Å². The topological polar surface area (TPSA) is 45.5 Å². The zero-order valence-corrected chi connectivity index (χ0v) is 12.2. The van der Waals surface area contributed by atoms with Crippen LogP contribution in [0.1, 0.15) is 29.6 Å². The Morgan fingerprint density at radius 2 is 1.90 bits per heavy atom. The number of aliphatic hydroxyl groups excluding tert-OH is 1. The third-order valence-corrected chi connectivity index (χ3v) is 4.27. The monoisotopic (exact) mass is 286 g/mol. The fourth-order valence-corrected chi connectivity index (χ4v) is 3.24. The lowest BCUT2D eigenvalue weighted by atomic mass is 10.1. The number of rotatable bonds is 5. The Kier molecular flexibility index (Phi) is 4.36. The van der Waals surface area contributed by atoms with Crippen LogP contribution in [0, 0.1) is 0 Å². The molecule has 3 rings (SSSR count). The molecule has 1 aromatic heterocycles. The minimum Gasteiger partial charge on any atom is -0.390 e. The minimum absolute atomic E-state index is 0.404. The molecule has 1 aliphatic heterocycles. The van der Waals surface area contributed by atoms with Crippen LogP contribution in [-0.4, -0.2) is 46.6 Å². The number of nitrogens with zero attached hydrogens (tertiary/aromatic N) is 2. The van der Waals surface area contributed by atoms with E-state index in [0.717, 1.165) is 30.3 Å². The number of fused-ring (bicyclic) bond motifs is 1. The molecule has 1 saturated heterocycles. The van der Waals surface area contributed by atoms with Gasteiger partial charge in [0.1, 0.15) is 0 Å². The Bertz CT molecular complexity index is 614. The van der Waals surface area contributed by atoms with Crippen molar-refractivity contribution in [2.75, 3.05) is 19.6 Å². The number of carbonyl (C=O) groups excluding carboxylic acids is 1. The lowest BCUT2D eigenvalue weighted by Crippen LogP contribution is -2.37. The molecule has 112 valence electrons. The summed E-state index contributed by atoms with van der Waals surface area (Å²) in [4.78, 5) is 13.5. The van der Waals surface area contributed by atoms with Crippen molar-refractivity contribution < 1.29 is 9.90 Å². The second-order valence-electron chi connectivity index (χ2n) is 5.89. The van der Waals surface area contributed by atoms with E-state index in [1.54, 1.807) is 0 Å². The van der Waals surface area contributed by atoms with E-state index in [9.17, 15) is 9.90 Å². The van der Waals surface area contributed by atoms with Gasteiger partial charge in [0.2, 0.25) is 0 Å². The zero-order chi connectivity index (χ0) is 14.7. The summed E-state index contributed by atoms with van der Waals surface area (Å²) in [7, 11) is 0. The first kappa shape index (κ1) is 14.3. The van der Waals surface area contributed by atoms with Crippen molar-refractivity contribution in [1.29, 1.82) is 0 Å². The van der Waals surface area contributed by atoms with E-state index in [1.165, 1.54) is 19.3 Å². The van der Waals surface area contributed by atoms with Crippen LogP contribution in [0.3, 0.4) is 0 Å². The molecular formula is C17H22N2O2. The number of benzene rings is 1. The van der Waals surface area contributed by atoms with Crippen molar-refractivity contribution in [3.8, 4) is 0 Å². The first-order valence-corrected chi connectivity index (χ1v) is 7.71. The van der Waals surface area contributed by atoms with Gasteiger partial charge in [-0.2, -0.15) is 0 Å². The third-order valence-electron chi connectivity index (χ3n) is 4.27. The van der Waals surface area contributed by atoms with Crippen molar-refractivity contribution in [1.82, 2.24) is 9.47 Å². The van der Waals surface area contributed by atoms with Crippen LogP contribution in [-0.2, 0) is 6.54 Å². The number of carbonyl (C=O) groups is 1. The summed E-state index contributed by atoms with van der Waals surface area (Å²) in [6, 6.07) is 7.84. The van der Waals surface area contributed by atoms with Crippen LogP contribution < -0.4 is 0 Å². The van der Waals surface area contributed by atoms with Crippen LogP contribution in [0.15, 0.2) is 30.5 Å². The summed E-state index contributed by atoms with van der Waals surface area (Å²) in [5.41, 5.74) is 1.70. The smallest absolute Gasteiger partial charge is 0.152 e. The molecule has 1 atom stereocenters. The third kappa shape index (κ3) is 3.17. The van der Waals surface area contributed by atoms with Crippen LogP contribution in [0.4, 0.5) is 0 Å². The second-order valence-corrected chi connectivity index (χ2v) is 5.89. The van der Waals surface area contributed by atoms with Gasteiger partial charge < -0.3 is 14.6 Å². The van der Waals surface area contributed by atoms with Gasteiger partial charge in [-0.15, -0.1) is 0 Å². The highest BCUT2D eigenvalue weighted by atomic mass is 16.3. The molecule has 0 amide bonds. The van der Waals surface area contributed by atoms with Crippen LogP contribution in [0.2, 0.25) is 0 Å². The molecule has 0 unspecified atom stereocenters. The maximum absolute atomic E-state index is 11.2. The zero-order valence-electron chi connectivity index (χ0n) is 12.2. The molecule has 0 radical (unpaired) electrons. The summed E-state index contributed by atoms with van der Waals surface area (Å²) in [5.74, 6) is 0. The molecular weight excluding hydrogens is 264 g/mol. The molecule has 4 heteroatoms. The maximum Gasteiger partial charge on any atom is 0.152 e. The number of β-amino-alcohol motifs (C(OH)–C–C–N with tert-alkyl or cyclic N) is 1. The van der Waals surface area contributed by atoms with Gasteiger partial charge in [-0.05, 0) is 32.0 Å². The van der Waals surface area contributed by atoms with Gasteiger partial charge in [0.05, 0.1) is 6.10 Å². The van der Waals surface area contributed by atoms with Crippen molar-refractivity contribution in [3.05, 3.63) is 36.0 Å². The molecule has 2 heterocycles. The molecule has 2 aromatic rings. The molecule has 1 N–H and O–H groups in total. The Hall–Kier alpha value is -1.65. The minimum atomic E-state index is -0.404. The SMILES string of the molecule is O=Cc1cn(C[C@@H](O)CN2CCCCC2)c2ccccc12. The maximum atomic E-state index is 11.2. The number of piperidine rings is 1. The molecule has 0 saturated carbocycles. The van der Waals surface area contributed by atoms with Gasteiger partial charge in [0, 0.05) is 35.8 Å².